The van der Waals surface area contributed by atoms with Crippen LogP contribution < -0.4 is 0 Å². The first-order chi connectivity index (χ1) is 10.6. The number of nitrogens with zero attached hydrogens (tertiary/aromatic N) is 1. The van der Waals surface area contributed by atoms with E-state index in [1.165, 1.54) is 18.1 Å². The summed E-state index contributed by atoms with van der Waals surface area (Å²) in [6, 6.07) is 12.1. The summed E-state index contributed by atoms with van der Waals surface area (Å²) in [4.78, 5) is 25.7. The van der Waals surface area contributed by atoms with Crippen LogP contribution in [0.5, 0.6) is 0 Å². The Hall–Kier alpha value is -2.82. The average molecular weight is 297 g/mol. The minimum atomic E-state index is -0.601. The Morgan fingerprint density at radius 1 is 1.23 bits per heavy atom. The maximum atomic E-state index is 12.4. The van der Waals surface area contributed by atoms with Gasteiger partial charge in [0.1, 0.15) is 5.76 Å². The number of carbonyl (C=O) groups is 2. The quantitative estimate of drug-likeness (QED) is 0.942. The highest BCUT2D eigenvalue weighted by molar-refractivity contribution is 6.08. The molecular formula is C17H15NO4. The first-order valence-electron chi connectivity index (χ1n) is 6.92. The van der Waals surface area contributed by atoms with Crippen LogP contribution in [-0.2, 0) is 16.1 Å². The molecule has 5 nitrogen and oxygen atoms in total. The van der Waals surface area contributed by atoms with Gasteiger partial charge < -0.3 is 14.4 Å². The zero-order valence-corrected chi connectivity index (χ0v) is 12.0. The van der Waals surface area contributed by atoms with E-state index >= 15 is 0 Å². The smallest absolute Gasteiger partial charge is 0.290 e. The third kappa shape index (κ3) is 2.30. The number of hydrogen-bond acceptors (Lipinski definition) is 4. The fourth-order valence-corrected chi connectivity index (χ4v) is 2.73. The molecule has 3 rings (SSSR count). The summed E-state index contributed by atoms with van der Waals surface area (Å²) in [5, 5.41) is 10.1. The number of aliphatic hydroxyl groups is 1. The predicted molar refractivity (Wildman–Crippen MR) is 78.8 cm³/mol. The Balaban J connectivity index is 2.05. The zero-order valence-electron chi connectivity index (χ0n) is 12.0. The number of aliphatic hydroxyl groups excluding tert-OH is 1. The molecule has 1 N–H and O–H groups in total. The molecule has 0 unspecified atom stereocenters. The molecule has 22 heavy (non-hydrogen) atoms. The number of rotatable bonds is 4. The molecule has 1 aliphatic heterocycles. The van der Waals surface area contributed by atoms with Crippen LogP contribution in [0.25, 0.3) is 0 Å². The van der Waals surface area contributed by atoms with Gasteiger partial charge in [-0.3, -0.25) is 9.59 Å². The van der Waals surface area contributed by atoms with E-state index in [1.807, 2.05) is 30.3 Å². The molecule has 0 fully saturated rings. The van der Waals surface area contributed by atoms with Crippen molar-refractivity contribution in [3.63, 3.8) is 0 Å². The van der Waals surface area contributed by atoms with Gasteiger partial charge in [0.25, 0.3) is 5.91 Å². The van der Waals surface area contributed by atoms with Gasteiger partial charge in [-0.1, -0.05) is 30.3 Å². The molecule has 5 heteroatoms. The Bertz CT molecular complexity index is 731. The van der Waals surface area contributed by atoms with Gasteiger partial charge in [0, 0.05) is 0 Å². The van der Waals surface area contributed by atoms with Crippen molar-refractivity contribution < 1.29 is 19.1 Å². The monoisotopic (exact) mass is 297 g/mol. The topological polar surface area (TPSA) is 70.8 Å². The number of hydrogen-bond donors (Lipinski definition) is 1. The molecule has 0 spiro atoms. The molecule has 0 bridgehead atoms. The SMILES string of the molecule is CC(=O)C1=C(O)C(=O)N(Cc2ccco2)[C@@H]1c1ccccc1. The Labute approximate surface area is 127 Å². The zero-order chi connectivity index (χ0) is 15.7. The fourth-order valence-electron chi connectivity index (χ4n) is 2.73. The van der Waals surface area contributed by atoms with Crippen molar-refractivity contribution in [3.05, 3.63) is 71.4 Å². The molecule has 1 aliphatic rings. The lowest BCUT2D eigenvalue weighted by Crippen LogP contribution is -2.30. The van der Waals surface area contributed by atoms with Crippen LogP contribution in [0, 0.1) is 0 Å². The number of Topliss-reactive ketones (excluding diaryl/α,β-unsaturated/α-hetero) is 1. The Morgan fingerprint density at radius 2 is 1.95 bits per heavy atom. The lowest BCUT2D eigenvalue weighted by atomic mass is 9.97. The van der Waals surface area contributed by atoms with Crippen molar-refractivity contribution in [1.82, 2.24) is 4.90 Å². The van der Waals surface area contributed by atoms with E-state index in [2.05, 4.69) is 0 Å². The van der Waals surface area contributed by atoms with Crippen LogP contribution in [0.3, 0.4) is 0 Å². The van der Waals surface area contributed by atoms with E-state index in [-0.39, 0.29) is 17.9 Å². The van der Waals surface area contributed by atoms with Gasteiger partial charge in [0.15, 0.2) is 11.5 Å². The largest absolute Gasteiger partial charge is 0.503 e. The minimum Gasteiger partial charge on any atom is -0.503 e. The molecular weight excluding hydrogens is 282 g/mol. The van der Waals surface area contributed by atoms with Crippen molar-refractivity contribution in [1.29, 1.82) is 0 Å². The Kier molecular flexibility index (Phi) is 3.55. The number of benzene rings is 1. The van der Waals surface area contributed by atoms with Gasteiger partial charge >= 0.3 is 0 Å². The van der Waals surface area contributed by atoms with E-state index in [4.69, 9.17) is 4.42 Å². The van der Waals surface area contributed by atoms with Crippen molar-refractivity contribution in [2.75, 3.05) is 0 Å². The van der Waals surface area contributed by atoms with Crippen LogP contribution in [0.4, 0.5) is 0 Å². The summed E-state index contributed by atoms with van der Waals surface area (Å²) >= 11 is 0. The number of amides is 1. The van der Waals surface area contributed by atoms with Gasteiger partial charge in [-0.25, -0.2) is 0 Å². The second kappa shape index (κ2) is 5.52. The molecule has 0 radical (unpaired) electrons. The third-order valence-electron chi connectivity index (χ3n) is 3.70. The van der Waals surface area contributed by atoms with Crippen LogP contribution in [0.15, 0.2) is 64.5 Å². The lowest BCUT2D eigenvalue weighted by molar-refractivity contribution is -0.130. The summed E-state index contributed by atoms with van der Waals surface area (Å²) in [5.41, 5.74) is 0.902. The van der Waals surface area contributed by atoms with Gasteiger partial charge in [-0.2, -0.15) is 0 Å². The molecule has 112 valence electrons. The van der Waals surface area contributed by atoms with Crippen LogP contribution in [-0.4, -0.2) is 21.7 Å². The fraction of sp³-hybridized carbons (Fsp3) is 0.176. The third-order valence-corrected chi connectivity index (χ3v) is 3.70. The van der Waals surface area contributed by atoms with E-state index in [0.29, 0.717) is 5.76 Å². The highest BCUT2D eigenvalue weighted by Crippen LogP contribution is 2.38. The van der Waals surface area contributed by atoms with Crippen molar-refractivity contribution in [3.8, 4) is 0 Å². The second-order valence-electron chi connectivity index (χ2n) is 5.14. The lowest BCUT2D eigenvalue weighted by Gasteiger charge is -2.25. The molecule has 2 aromatic rings. The molecule has 2 heterocycles. The molecule has 0 saturated carbocycles. The van der Waals surface area contributed by atoms with Gasteiger partial charge in [0.2, 0.25) is 0 Å². The van der Waals surface area contributed by atoms with E-state index < -0.39 is 17.7 Å². The number of furan rings is 1. The first kappa shape index (κ1) is 14.1. The summed E-state index contributed by atoms with van der Waals surface area (Å²) in [6.07, 6.45) is 1.52. The van der Waals surface area contributed by atoms with Gasteiger partial charge in [-0.15, -0.1) is 0 Å². The molecule has 1 aromatic heterocycles. The highest BCUT2D eigenvalue weighted by atomic mass is 16.3. The van der Waals surface area contributed by atoms with Crippen molar-refractivity contribution in [2.24, 2.45) is 0 Å². The van der Waals surface area contributed by atoms with Gasteiger partial charge in [0.05, 0.1) is 24.4 Å². The normalized spacial score (nSPS) is 18.1. The van der Waals surface area contributed by atoms with E-state index in [1.54, 1.807) is 12.1 Å². The van der Waals surface area contributed by atoms with Crippen LogP contribution in [0.1, 0.15) is 24.3 Å². The molecule has 1 amide bonds. The summed E-state index contributed by atoms with van der Waals surface area (Å²) in [6.45, 7) is 1.54. The number of ketones is 1. The number of carbonyl (C=O) groups excluding carboxylic acids is 2. The van der Waals surface area contributed by atoms with Gasteiger partial charge in [-0.05, 0) is 24.6 Å². The summed E-state index contributed by atoms with van der Waals surface area (Å²) in [5.74, 6) is -0.767. The van der Waals surface area contributed by atoms with Crippen LogP contribution >= 0.6 is 0 Å². The summed E-state index contributed by atoms with van der Waals surface area (Å²) in [7, 11) is 0. The molecule has 0 aliphatic carbocycles. The molecule has 1 aromatic carbocycles. The highest BCUT2D eigenvalue weighted by Gasteiger charge is 2.42. The average Bonchev–Trinajstić information content (AvgIpc) is 3.10. The van der Waals surface area contributed by atoms with Crippen molar-refractivity contribution in [2.45, 2.75) is 19.5 Å². The molecule has 1 atom stereocenters. The second-order valence-corrected chi connectivity index (χ2v) is 5.14. The molecule has 0 saturated heterocycles. The van der Waals surface area contributed by atoms with E-state index in [9.17, 15) is 14.7 Å². The predicted octanol–water partition coefficient (Wildman–Crippen LogP) is 2.76. The first-order valence-corrected chi connectivity index (χ1v) is 6.92. The minimum absolute atomic E-state index is 0.128. The van der Waals surface area contributed by atoms with Crippen molar-refractivity contribution >= 4 is 11.7 Å². The van der Waals surface area contributed by atoms with E-state index in [0.717, 1.165) is 5.56 Å². The standard InChI is InChI=1S/C17H15NO4/c1-11(19)14-15(12-6-3-2-4-7-12)18(17(21)16(14)20)10-13-8-5-9-22-13/h2-9,15,20H,10H2,1H3/t15-/m1/s1. The Morgan fingerprint density at radius 3 is 2.55 bits per heavy atom. The summed E-state index contributed by atoms with van der Waals surface area (Å²) < 4.78 is 5.28. The maximum Gasteiger partial charge on any atom is 0.290 e. The van der Waals surface area contributed by atoms with Crippen LogP contribution in [0.2, 0.25) is 0 Å². The maximum absolute atomic E-state index is 12.4.